The van der Waals surface area contributed by atoms with Crippen LogP contribution in [0.15, 0.2) is 30.6 Å². The molecule has 0 saturated carbocycles. The Morgan fingerprint density at radius 2 is 2.05 bits per heavy atom. The summed E-state index contributed by atoms with van der Waals surface area (Å²) in [5.41, 5.74) is 0.479. The quantitative estimate of drug-likeness (QED) is 0.934. The molecule has 2 heterocycles. The molecule has 1 aliphatic heterocycles. The number of benzene rings is 1. The van der Waals surface area contributed by atoms with Crippen LogP contribution in [0.2, 0.25) is 0 Å². The number of nitrogens with zero attached hydrogens (tertiary/aromatic N) is 2. The third kappa shape index (κ3) is 2.72. The van der Waals surface area contributed by atoms with Gasteiger partial charge in [-0.05, 0) is 37.6 Å². The van der Waals surface area contributed by atoms with E-state index in [1.54, 1.807) is 6.20 Å². The van der Waals surface area contributed by atoms with Crippen molar-refractivity contribution in [2.75, 3.05) is 13.1 Å². The molecular formula is C15H17F2N3. The van der Waals surface area contributed by atoms with Gasteiger partial charge in [-0.15, -0.1) is 0 Å². The minimum Gasteiger partial charge on any atom is -0.332 e. The summed E-state index contributed by atoms with van der Waals surface area (Å²) in [7, 11) is 0. The fraction of sp³-hybridized carbons (Fsp3) is 0.400. The van der Waals surface area contributed by atoms with Gasteiger partial charge in [0.2, 0.25) is 0 Å². The zero-order valence-electron chi connectivity index (χ0n) is 11.1. The fourth-order valence-electron chi connectivity index (χ4n) is 2.73. The lowest BCUT2D eigenvalue weighted by Crippen LogP contribution is -2.30. The summed E-state index contributed by atoms with van der Waals surface area (Å²) < 4.78 is 28.8. The molecule has 106 valence electrons. The molecule has 0 amide bonds. The Kier molecular flexibility index (Phi) is 3.78. The van der Waals surface area contributed by atoms with Gasteiger partial charge in [0.1, 0.15) is 17.5 Å². The van der Waals surface area contributed by atoms with Crippen molar-refractivity contribution in [3.05, 3.63) is 53.6 Å². The summed E-state index contributed by atoms with van der Waals surface area (Å²) in [5, 5.41) is 3.33. The maximum atomic E-state index is 13.7. The molecule has 5 heteroatoms. The standard InChI is InChI=1S/C15H17F2N3/c16-12-2-1-11(14(17)10-12)9-15-19-7-8-20(15)13-3-5-18-6-4-13/h1-2,7-8,10,13,18H,3-6,9H2. The van der Waals surface area contributed by atoms with Gasteiger partial charge >= 0.3 is 0 Å². The van der Waals surface area contributed by atoms with Crippen LogP contribution in [0, 0.1) is 11.6 Å². The van der Waals surface area contributed by atoms with Crippen LogP contribution >= 0.6 is 0 Å². The van der Waals surface area contributed by atoms with E-state index in [-0.39, 0.29) is 0 Å². The molecule has 1 aromatic heterocycles. The lowest BCUT2D eigenvalue weighted by atomic mass is 10.1. The number of rotatable bonds is 3. The third-order valence-electron chi connectivity index (χ3n) is 3.81. The van der Waals surface area contributed by atoms with E-state index in [1.807, 2.05) is 6.20 Å². The van der Waals surface area contributed by atoms with Crippen LogP contribution in [0.25, 0.3) is 0 Å². The van der Waals surface area contributed by atoms with Gasteiger partial charge in [-0.2, -0.15) is 0 Å². The summed E-state index contributed by atoms with van der Waals surface area (Å²) in [5.74, 6) is -0.222. The van der Waals surface area contributed by atoms with Crippen LogP contribution in [-0.2, 0) is 6.42 Å². The van der Waals surface area contributed by atoms with E-state index in [9.17, 15) is 8.78 Å². The molecule has 1 aromatic carbocycles. The summed E-state index contributed by atoms with van der Waals surface area (Å²) in [4.78, 5) is 4.33. The van der Waals surface area contributed by atoms with Gasteiger partial charge in [0.15, 0.2) is 0 Å². The van der Waals surface area contributed by atoms with Gasteiger partial charge in [-0.1, -0.05) is 6.07 Å². The van der Waals surface area contributed by atoms with E-state index >= 15 is 0 Å². The molecule has 0 radical (unpaired) electrons. The monoisotopic (exact) mass is 277 g/mol. The number of nitrogens with one attached hydrogen (secondary N) is 1. The van der Waals surface area contributed by atoms with Gasteiger partial charge in [0.05, 0.1) is 0 Å². The molecule has 0 atom stereocenters. The van der Waals surface area contributed by atoms with Gasteiger partial charge in [0, 0.05) is 30.9 Å². The molecule has 1 fully saturated rings. The Balaban J connectivity index is 1.82. The molecule has 20 heavy (non-hydrogen) atoms. The van der Waals surface area contributed by atoms with E-state index in [0.717, 1.165) is 37.8 Å². The lowest BCUT2D eigenvalue weighted by Gasteiger charge is -2.25. The van der Waals surface area contributed by atoms with Crippen LogP contribution in [0.3, 0.4) is 0 Å². The highest BCUT2D eigenvalue weighted by Crippen LogP contribution is 2.22. The van der Waals surface area contributed by atoms with E-state index in [1.165, 1.54) is 12.1 Å². The van der Waals surface area contributed by atoms with E-state index in [2.05, 4.69) is 14.9 Å². The Morgan fingerprint density at radius 1 is 1.25 bits per heavy atom. The molecule has 1 N–H and O–H groups in total. The predicted molar refractivity (Wildman–Crippen MR) is 72.5 cm³/mol. The first kappa shape index (κ1) is 13.2. The normalized spacial score (nSPS) is 16.5. The van der Waals surface area contributed by atoms with Crippen molar-refractivity contribution >= 4 is 0 Å². The van der Waals surface area contributed by atoms with Crippen LogP contribution in [0.1, 0.15) is 30.3 Å². The van der Waals surface area contributed by atoms with E-state index in [4.69, 9.17) is 0 Å². The number of imidazole rings is 1. The van der Waals surface area contributed by atoms with Crippen molar-refractivity contribution in [2.24, 2.45) is 0 Å². The summed E-state index contributed by atoms with van der Waals surface area (Å²) >= 11 is 0. The van der Waals surface area contributed by atoms with Crippen LogP contribution in [0.4, 0.5) is 8.78 Å². The smallest absolute Gasteiger partial charge is 0.129 e. The van der Waals surface area contributed by atoms with Crippen LogP contribution < -0.4 is 5.32 Å². The molecule has 2 aromatic rings. The van der Waals surface area contributed by atoms with Gasteiger partial charge in [0.25, 0.3) is 0 Å². The van der Waals surface area contributed by atoms with Gasteiger partial charge < -0.3 is 9.88 Å². The number of hydrogen-bond donors (Lipinski definition) is 1. The Bertz CT molecular complexity index is 589. The van der Waals surface area contributed by atoms with Crippen molar-refractivity contribution < 1.29 is 8.78 Å². The van der Waals surface area contributed by atoms with Crippen molar-refractivity contribution in [3.63, 3.8) is 0 Å². The molecule has 3 rings (SSSR count). The Labute approximate surface area is 116 Å². The fourth-order valence-corrected chi connectivity index (χ4v) is 2.73. The summed E-state index contributed by atoms with van der Waals surface area (Å²) in [6.45, 7) is 1.99. The summed E-state index contributed by atoms with van der Waals surface area (Å²) in [6.07, 6.45) is 6.19. The van der Waals surface area contributed by atoms with Crippen molar-refractivity contribution in [2.45, 2.75) is 25.3 Å². The van der Waals surface area contributed by atoms with Gasteiger partial charge in [-0.25, -0.2) is 13.8 Å². The average molecular weight is 277 g/mol. The highest BCUT2D eigenvalue weighted by Gasteiger charge is 2.18. The Morgan fingerprint density at radius 3 is 2.80 bits per heavy atom. The highest BCUT2D eigenvalue weighted by molar-refractivity contribution is 5.22. The first-order chi connectivity index (χ1) is 9.74. The number of halogens is 2. The van der Waals surface area contributed by atoms with Crippen molar-refractivity contribution in [3.8, 4) is 0 Å². The molecular weight excluding hydrogens is 260 g/mol. The topological polar surface area (TPSA) is 29.9 Å². The highest BCUT2D eigenvalue weighted by atomic mass is 19.1. The summed E-state index contributed by atoms with van der Waals surface area (Å²) in [6, 6.07) is 4.12. The molecule has 0 aliphatic carbocycles. The second kappa shape index (κ2) is 5.71. The average Bonchev–Trinajstić information content (AvgIpc) is 2.91. The Hall–Kier alpha value is -1.75. The maximum Gasteiger partial charge on any atom is 0.129 e. The van der Waals surface area contributed by atoms with E-state index in [0.29, 0.717) is 18.0 Å². The third-order valence-corrected chi connectivity index (χ3v) is 3.81. The minimum absolute atomic E-state index is 0.392. The molecule has 1 aliphatic rings. The first-order valence-corrected chi connectivity index (χ1v) is 6.90. The van der Waals surface area contributed by atoms with Crippen molar-refractivity contribution in [1.82, 2.24) is 14.9 Å². The predicted octanol–water partition coefficient (Wildman–Crippen LogP) is 2.68. The molecule has 0 bridgehead atoms. The minimum atomic E-state index is -0.548. The largest absolute Gasteiger partial charge is 0.332 e. The molecule has 0 unspecified atom stereocenters. The van der Waals surface area contributed by atoms with Gasteiger partial charge in [-0.3, -0.25) is 0 Å². The number of hydrogen-bond acceptors (Lipinski definition) is 2. The molecule has 1 saturated heterocycles. The second-order valence-electron chi connectivity index (χ2n) is 5.14. The zero-order valence-corrected chi connectivity index (χ0v) is 11.1. The maximum absolute atomic E-state index is 13.7. The SMILES string of the molecule is Fc1ccc(Cc2nccn2C2CCNCC2)c(F)c1. The van der Waals surface area contributed by atoms with Crippen LogP contribution in [-0.4, -0.2) is 22.6 Å². The lowest BCUT2D eigenvalue weighted by molar-refractivity contribution is 0.361. The first-order valence-electron chi connectivity index (χ1n) is 6.90. The van der Waals surface area contributed by atoms with E-state index < -0.39 is 11.6 Å². The van der Waals surface area contributed by atoms with Crippen molar-refractivity contribution in [1.29, 1.82) is 0 Å². The van der Waals surface area contributed by atoms with Crippen LogP contribution in [0.5, 0.6) is 0 Å². The number of piperidine rings is 1. The molecule has 0 spiro atoms. The second-order valence-corrected chi connectivity index (χ2v) is 5.14. The zero-order chi connectivity index (χ0) is 13.9. The molecule has 3 nitrogen and oxygen atoms in total. The number of aromatic nitrogens is 2.